The third-order valence-electron chi connectivity index (χ3n) is 3.30. The van der Waals surface area contributed by atoms with E-state index in [1.165, 1.54) is 0 Å². The minimum absolute atomic E-state index is 0.419. The Morgan fingerprint density at radius 3 is 2.68 bits per heavy atom. The van der Waals surface area contributed by atoms with E-state index < -0.39 is 11.9 Å². The van der Waals surface area contributed by atoms with Crippen molar-refractivity contribution in [2.24, 2.45) is 18.7 Å². The van der Waals surface area contributed by atoms with Crippen LogP contribution in [0.4, 0.5) is 0 Å². The predicted octanol–water partition coefficient (Wildman–Crippen LogP) is 2.01. The second kappa shape index (κ2) is 7.50. The number of aliphatic carboxylic acids is 1. The van der Waals surface area contributed by atoms with Crippen LogP contribution < -0.4 is 5.73 Å². The van der Waals surface area contributed by atoms with Crippen molar-refractivity contribution >= 4 is 17.6 Å². The van der Waals surface area contributed by atoms with Crippen LogP contribution >= 0.6 is 11.6 Å². The van der Waals surface area contributed by atoms with Crippen LogP contribution in [0.2, 0.25) is 5.02 Å². The molecule has 0 bridgehead atoms. The molecule has 3 N–H and O–H groups in total. The summed E-state index contributed by atoms with van der Waals surface area (Å²) in [5, 5.41) is 14.2. The Labute approximate surface area is 118 Å². The maximum absolute atomic E-state index is 11.3. The zero-order valence-electron chi connectivity index (χ0n) is 11.5. The molecule has 0 aliphatic heterocycles. The van der Waals surface area contributed by atoms with Gasteiger partial charge < -0.3 is 10.8 Å². The summed E-state index contributed by atoms with van der Waals surface area (Å²) in [6.45, 7) is 2.58. The maximum atomic E-state index is 11.3. The highest BCUT2D eigenvalue weighted by molar-refractivity contribution is 6.31. The highest BCUT2D eigenvalue weighted by Crippen LogP contribution is 2.25. The first-order valence-corrected chi connectivity index (χ1v) is 7.02. The van der Waals surface area contributed by atoms with Gasteiger partial charge in [-0.3, -0.25) is 9.48 Å². The van der Waals surface area contributed by atoms with Crippen molar-refractivity contribution in [2.45, 2.75) is 39.0 Å². The van der Waals surface area contributed by atoms with E-state index in [2.05, 4.69) is 5.10 Å². The molecule has 0 radical (unpaired) electrons. The molecule has 0 aliphatic carbocycles. The Kier molecular flexibility index (Phi) is 6.31. The Balaban J connectivity index is 2.79. The molecule has 1 rings (SSSR count). The lowest BCUT2D eigenvalue weighted by Gasteiger charge is -2.12. The number of nitrogens with zero attached hydrogens (tertiary/aromatic N) is 2. The Bertz CT molecular complexity index is 432. The van der Waals surface area contributed by atoms with E-state index in [0.29, 0.717) is 24.4 Å². The number of nitrogens with two attached hydrogens (primary N) is 1. The quantitative estimate of drug-likeness (QED) is 0.717. The van der Waals surface area contributed by atoms with Gasteiger partial charge in [-0.2, -0.15) is 5.10 Å². The number of hydrogen-bond donors (Lipinski definition) is 2. The van der Waals surface area contributed by atoms with Crippen molar-refractivity contribution in [3.8, 4) is 0 Å². The Morgan fingerprint density at radius 1 is 1.53 bits per heavy atom. The first-order valence-electron chi connectivity index (χ1n) is 6.64. The van der Waals surface area contributed by atoms with Gasteiger partial charge >= 0.3 is 5.97 Å². The third kappa shape index (κ3) is 4.21. The summed E-state index contributed by atoms with van der Waals surface area (Å²) in [6.07, 6.45) is 3.46. The summed E-state index contributed by atoms with van der Waals surface area (Å²) in [4.78, 5) is 11.3. The van der Waals surface area contributed by atoms with E-state index in [1.807, 2.05) is 6.92 Å². The number of carboxylic acid groups (broad SMARTS) is 1. The highest BCUT2D eigenvalue weighted by atomic mass is 35.5. The van der Waals surface area contributed by atoms with Crippen LogP contribution in [-0.4, -0.2) is 27.4 Å². The van der Waals surface area contributed by atoms with E-state index in [1.54, 1.807) is 11.7 Å². The van der Waals surface area contributed by atoms with Crippen molar-refractivity contribution in [2.75, 3.05) is 6.54 Å². The third-order valence-corrected chi connectivity index (χ3v) is 3.73. The normalized spacial score (nSPS) is 12.6. The number of carbonyl (C=O) groups is 1. The number of hydrogen-bond acceptors (Lipinski definition) is 3. The maximum Gasteiger partial charge on any atom is 0.306 e. The molecule has 0 aliphatic rings. The average molecular weight is 288 g/mol. The first-order chi connectivity index (χ1) is 9.01. The number of carboxylic acids is 1. The van der Waals surface area contributed by atoms with Crippen LogP contribution in [0.5, 0.6) is 0 Å². The van der Waals surface area contributed by atoms with Gasteiger partial charge in [0.15, 0.2) is 0 Å². The number of unbranched alkanes of at least 4 members (excludes halogenated alkanes) is 1. The first kappa shape index (κ1) is 16.0. The highest BCUT2D eigenvalue weighted by Gasteiger charge is 2.22. The summed E-state index contributed by atoms with van der Waals surface area (Å²) in [7, 11) is 1.80. The molecule has 5 nitrogen and oxygen atoms in total. The van der Waals surface area contributed by atoms with Crippen LogP contribution in [-0.2, 0) is 24.7 Å². The molecule has 19 heavy (non-hydrogen) atoms. The number of aryl methyl sites for hydroxylation is 2. The van der Waals surface area contributed by atoms with Gasteiger partial charge in [0.2, 0.25) is 0 Å². The van der Waals surface area contributed by atoms with E-state index in [4.69, 9.17) is 17.3 Å². The lowest BCUT2D eigenvalue weighted by Crippen LogP contribution is -2.18. The van der Waals surface area contributed by atoms with Gasteiger partial charge in [-0.05, 0) is 25.8 Å². The van der Waals surface area contributed by atoms with E-state index in [-0.39, 0.29) is 0 Å². The smallest absolute Gasteiger partial charge is 0.306 e. The molecule has 1 heterocycles. The molecule has 1 aromatic rings. The molecule has 6 heteroatoms. The number of halogens is 1. The zero-order valence-corrected chi connectivity index (χ0v) is 12.3. The number of aromatic nitrogens is 2. The molecule has 1 unspecified atom stereocenters. The van der Waals surface area contributed by atoms with Crippen molar-refractivity contribution in [3.63, 3.8) is 0 Å². The molecule has 0 amide bonds. The van der Waals surface area contributed by atoms with E-state index in [0.717, 1.165) is 30.7 Å². The summed E-state index contributed by atoms with van der Waals surface area (Å²) in [6, 6.07) is 0. The van der Waals surface area contributed by atoms with Gasteiger partial charge in [-0.1, -0.05) is 24.9 Å². The fraction of sp³-hybridized carbons (Fsp3) is 0.692. The molecular formula is C13H22ClN3O2. The van der Waals surface area contributed by atoms with Crippen LogP contribution in [0.15, 0.2) is 0 Å². The molecule has 1 aromatic heterocycles. The SMILES string of the molecule is CCc1nn(C)c(CC(CCCCN)C(=O)O)c1Cl. The molecule has 0 aromatic carbocycles. The second-order valence-electron chi connectivity index (χ2n) is 4.71. The van der Waals surface area contributed by atoms with Crippen LogP contribution in [0.3, 0.4) is 0 Å². The van der Waals surface area contributed by atoms with Gasteiger partial charge in [-0.15, -0.1) is 0 Å². The van der Waals surface area contributed by atoms with Crippen molar-refractivity contribution < 1.29 is 9.90 Å². The van der Waals surface area contributed by atoms with Gasteiger partial charge in [0, 0.05) is 13.5 Å². The molecular weight excluding hydrogens is 266 g/mol. The standard InChI is InChI=1S/C13H22ClN3O2/c1-3-10-12(14)11(17(2)16-10)8-9(13(18)19)6-4-5-7-15/h9H,3-8,15H2,1-2H3,(H,18,19). The topological polar surface area (TPSA) is 81.1 Å². The lowest BCUT2D eigenvalue weighted by atomic mass is 9.96. The Morgan fingerprint density at radius 2 is 2.21 bits per heavy atom. The fourth-order valence-electron chi connectivity index (χ4n) is 2.12. The van der Waals surface area contributed by atoms with E-state index >= 15 is 0 Å². The molecule has 0 saturated carbocycles. The van der Waals surface area contributed by atoms with Gasteiger partial charge in [0.25, 0.3) is 0 Å². The van der Waals surface area contributed by atoms with Gasteiger partial charge in [-0.25, -0.2) is 0 Å². The summed E-state index contributed by atoms with van der Waals surface area (Å²) < 4.78 is 1.69. The molecule has 0 saturated heterocycles. The predicted molar refractivity (Wildman–Crippen MR) is 75.3 cm³/mol. The molecule has 1 atom stereocenters. The minimum Gasteiger partial charge on any atom is -0.481 e. The monoisotopic (exact) mass is 287 g/mol. The second-order valence-corrected chi connectivity index (χ2v) is 5.09. The lowest BCUT2D eigenvalue weighted by molar-refractivity contribution is -0.142. The fourth-order valence-corrected chi connectivity index (χ4v) is 2.49. The van der Waals surface area contributed by atoms with Gasteiger partial charge in [0.05, 0.1) is 22.3 Å². The Hall–Kier alpha value is -1.07. The number of rotatable bonds is 8. The van der Waals surface area contributed by atoms with Crippen LogP contribution in [0.1, 0.15) is 37.6 Å². The van der Waals surface area contributed by atoms with Crippen molar-refractivity contribution in [3.05, 3.63) is 16.4 Å². The van der Waals surface area contributed by atoms with Crippen LogP contribution in [0, 0.1) is 5.92 Å². The van der Waals surface area contributed by atoms with Crippen molar-refractivity contribution in [1.82, 2.24) is 9.78 Å². The average Bonchev–Trinajstić information content (AvgIpc) is 2.64. The van der Waals surface area contributed by atoms with Crippen LogP contribution in [0.25, 0.3) is 0 Å². The van der Waals surface area contributed by atoms with E-state index in [9.17, 15) is 9.90 Å². The molecule has 108 valence electrons. The summed E-state index contributed by atoms with van der Waals surface area (Å²) >= 11 is 6.24. The van der Waals surface area contributed by atoms with Crippen molar-refractivity contribution in [1.29, 1.82) is 0 Å². The van der Waals surface area contributed by atoms with Gasteiger partial charge in [0.1, 0.15) is 0 Å². The summed E-state index contributed by atoms with van der Waals surface area (Å²) in [5.41, 5.74) is 7.06. The molecule has 0 spiro atoms. The largest absolute Gasteiger partial charge is 0.481 e. The zero-order chi connectivity index (χ0) is 14.4. The minimum atomic E-state index is -0.785. The summed E-state index contributed by atoms with van der Waals surface area (Å²) in [5.74, 6) is -1.21. The molecule has 0 fully saturated rings.